The molecule has 128 valence electrons. The summed E-state index contributed by atoms with van der Waals surface area (Å²) in [6, 6.07) is 13.1. The molecule has 0 atom stereocenters. The number of aryl methyl sites for hydroxylation is 2. The lowest BCUT2D eigenvalue weighted by molar-refractivity contribution is -0.120. The molecule has 0 saturated heterocycles. The Balaban J connectivity index is 1.64. The van der Waals surface area contributed by atoms with Crippen LogP contribution in [0.5, 0.6) is 11.6 Å². The van der Waals surface area contributed by atoms with Gasteiger partial charge in [-0.15, -0.1) is 0 Å². The van der Waals surface area contributed by atoms with Crippen LogP contribution in [0.1, 0.15) is 22.6 Å². The Hall–Kier alpha value is -3.15. The molecule has 0 saturated carbocycles. The molecule has 1 N–H and O–H groups in total. The third kappa shape index (κ3) is 4.23. The van der Waals surface area contributed by atoms with Gasteiger partial charge >= 0.3 is 0 Å². The van der Waals surface area contributed by atoms with Crippen molar-refractivity contribution in [2.45, 2.75) is 26.8 Å². The first kappa shape index (κ1) is 16.7. The second-order valence-corrected chi connectivity index (χ2v) is 5.64. The van der Waals surface area contributed by atoms with Crippen molar-refractivity contribution in [3.63, 3.8) is 0 Å². The zero-order chi connectivity index (χ0) is 17.6. The van der Waals surface area contributed by atoms with Gasteiger partial charge in [0.2, 0.25) is 11.8 Å². The fourth-order valence-electron chi connectivity index (χ4n) is 2.42. The second kappa shape index (κ2) is 7.61. The minimum Gasteiger partial charge on any atom is -0.439 e. The highest BCUT2D eigenvalue weighted by Crippen LogP contribution is 2.22. The normalized spacial score (nSPS) is 10.5. The Morgan fingerprint density at radius 1 is 1.16 bits per heavy atom. The maximum atomic E-state index is 12.2. The molecule has 0 radical (unpaired) electrons. The Morgan fingerprint density at radius 2 is 1.96 bits per heavy atom. The lowest BCUT2D eigenvalue weighted by Crippen LogP contribution is -2.25. The van der Waals surface area contributed by atoms with Crippen molar-refractivity contribution in [1.82, 2.24) is 15.5 Å². The van der Waals surface area contributed by atoms with Crippen LogP contribution in [-0.2, 0) is 17.8 Å². The number of benzene rings is 1. The minimum atomic E-state index is -0.107. The van der Waals surface area contributed by atoms with Crippen LogP contribution in [0, 0.1) is 13.8 Å². The van der Waals surface area contributed by atoms with E-state index in [1.165, 1.54) is 0 Å². The number of carbonyl (C=O) groups excluding carboxylic acids is 1. The molecule has 0 spiro atoms. The van der Waals surface area contributed by atoms with Crippen molar-refractivity contribution < 1.29 is 14.1 Å². The van der Waals surface area contributed by atoms with Crippen molar-refractivity contribution in [3.05, 3.63) is 71.2 Å². The summed E-state index contributed by atoms with van der Waals surface area (Å²) < 4.78 is 10.9. The number of ether oxygens (including phenoxy) is 1. The van der Waals surface area contributed by atoms with Crippen molar-refractivity contribution in [2.24, 2.45) is 0 Å². The molecule has 3 aromatic rings. The van der Waals surface area contributed by atoms with Gasteiger partial charge in [-0.05, 0) is 32.0 Å². The average Bonchev–Trinajstić information content (AvgIpc) is 2.94. The Morgan fingerprint density at radius 3 is 2.68 bits per heavy atom. The fraction of sp³-hybridized carbons (Fsp3) is 0.211. The van der Waals surface area contributed by atoms with Gasteiger partial charge < -0.3 is 14.6 Å². The molecule has 0 aliphatic heterocycles. The van der Waals surface area contributed by atoms with E-state index in [0.717, 1.165) is 16.8 Å². The molecule has 0 aliphatic rings. The van der Waals surface area contributed by atoms with E-state index in [0.29, 0.717) is 23.9 Å². The summed E-state index contributed by atoms with van der Waals surface area (Å²) in [6.45, 7) is 3.96. The predicted molar refractivity (Wildman–Crippen MR) is 92.3 cm³/mol. The van der Waals surface area contributed by atoms with E-state index < -0.39 is 0 Å². The van der Waals surface area contributed by atoms with Gasteiger partial charge in [-0.25, -0.2) is 4.98 Å². The van der Waals surface area contributed by atoms with Crippen molar-refractivity contribution >= 4 is 5.91 Å². The summed E-state index contributed by atoms with van der Waals surface area (Å²) >= 11 is 0. The summed E-state index contributed by atoms with van der Waals surface area (Å²) in [4.78, 5) is 16.5. The van der Waals surface area contributed by atoms with Gasteiger partial charge in [0.1, 0.15) is 11.5 Å². The van der Waals surface area contributed by atoms with Crippen LogP contribution >= 0.6 is 0 Å². The molecular formula is C19H19N3O3. The predicted octanol–water partition coefficient (Wildman–Crippen LogP) is 3.34. The molecule has 1 amide bonds. The number of amides is 1. The monoisotopic (exact) mass is 337 g/mol. The van der Waals surface area contributed by atoms with Gasteiger partial charge in [0.15, 0.2) is 0 Å². The van der Waals surface area contributed by atoms with E-state index in [2.05, 4.69) is 15.5 Å². The molecule has 0 aliphatic carbocycles. The molecule has 1 aromatic carbocycles. The molecule has 6 heteroatoms. The molecule has 0 fully saturated rings. The largest absolute Gasteiger partial charge is 0.439 e. The highest BCUT2D eigenvalue weighted by molar-refractivity contribution is 5.79. The first-order valence-corrected chi connectivity index (χ1v) is 7.98. The van der Waals surface area contributed by atoms with Gasteiger partial charge in [0.25, 0.3) is 0 Å². The van der Waals surface area contributed by atoms with Crippen LogP contribution in [0.25, 0.3) is 0 Å². The zero-order valence-electron chi connectivity index (χ0n) is 14.2. The number of rotatable bonds is 6. The molecule has 6 nitrogen and oxygen atoms in total. The summed E-state index contributed by atoms with van der Waals surface area (Å²) in [5, 5.41) is 6.75. The first-order chi connectivity index (χ1) is 12.1. The first-order valence-electron chi connectivity index (χ1n) is 7.98. The van der Waals surface area contributed by atoms with Crippen LogP contribution in [0.2, 0.25) is 0 Å². The Labute approximate surface area is 145 Å². The molecule has 0 unspecified atom stereocenters. The molecule has 2 aromatic heterocycles. The van der Waals surface area contributed by atoms with Crippen LogP contribution in [-0.4, -0.2) is 16.0 Å². The number of hydrogen-bond acceptors (Lipinski definition) is 5. The number of para-hydroxylation sites is 1. The van der Waals surface area contributed by atoms with E-state index >= 15 is 0 Å². The quantitative estimate of drug-likeness (QED) is 0.746. The number of nitrogens with zero attached hydrogens (tertiary/aromatic N) is 2. The van der Waals surface area contributed by atoms with E-state index in [1.54, 1.807) is 13.1 Å². The third-order valence-electron chi connectivity index (χ3n) is 3.80. The molecular weight excluding hydrogens is 318 g/mol. The van der Waals surface area contributed by atoms with E-state index in [1.807, 2.05) is 49.4 Å². The van der Waals surface area contributed by atoms with Gasteiger partial charge in [-0.2, -0.15) is 0 Å². The van der Waals surface area contributed by atoms with E-state index in [-0.39, 0.29) is 12.3 Å². The topological polar surface area (TPSA) is 77.3 Å². The summed E-state index contributed by atoms with van der Waals surface area (Å²) in [5.74, 6) is 1.74. The van der Waals surface area contributed by atoms with Crippen LogP contribution in [0.15, 0.2) is 53.2 Å². The highest BCUT2D eigenvalue weighted by atomic mass is 16.5. The van der Waals surface area contributed by atoms with Gasteiger partial charge in [0, 0.05) is 23.9 Å². The number of carbonyl (C=O) groups is 1. The number of hydrogen-bond donors (Lipinski definition) is 1. The maximum Gasteiger partial charge on any atom is 0.224 e. The zero-order valence-corrected chi connectivity index (χ0v) is 14.2. The minimum absolute atomic E-state index is 0.107. The van der Waals surface area contributed by atoms with Gasteiger partial charge in [0.05, 0.1) is 12.1 Å². The summed E-state index contributed by atoms with van der Waals surface area (Å²) in [7, 11) is 0. The Bertz CT molecular complexity index is 840. The highest BCUT2D eigenvalue weighted by Gasteiger charge is 2.14. The van der Waals surface area contributed by atoms with Crippen LogP contribution < -0.4 is 10.1 Å². The number of aromatic nitrogens is 2. The fourth-order valence-corrected chi connectivity index (χ4v) is 2.42. The van der Waals surface area contributed by atoms with Crippen LogP contribution in [0.3, 0.4) is 0 Å². The van der Waals surface area contributed by atoms with Crippen molar-refractivity contribution in [2.75, 3.05) is 0 Å². The average molecular weight is 337 g/mol. The van der Waals surface area contributed by atoms with Gasteiger partial charge in [-0.3, -0.25) is 4.79 Å². The third-order valence-corrected chi connectivity index (χ3v) is 3.80. The lowest BCUT2D eigenvalue weighted by Gasteiger charge is -2.10. The molecule has 25 heavy (non-hydrogen) atoms. The SMILES string of the molecule is Cc1noc(C)c1CC(=O)NCc1cccnc1Oc1ccccc1. The maximum absolute atomic E-state index is 12.2. The molecule has 0 bridgehead atoms. The Kier molecular flexibility index (Phi) is 5.09. The summed E-state index contributed by atoms with van der Waals surface area (Å²) in [6.07, 6.45) is 1.89. The number of pyridine rings is 1. The molecule has 3 rings (SSSR count). The second-order valence-electron chi connectivity index (χ2n) is 5.64. The standard InChI is InChI=1S/C19H19N3O3/c1-13-17(14(2)25-22-13)11-18(23)21-12-15-7-6-10-20-19(15)24-16-8-4-3-5-9-16/h3-10H,11-12H2,1-2H3,(H,21,23). The van der Waals surface area contributed by atoms with Gasteiger partial charge in [-0.1, -0.05) is 29.4 Å². The smallest absolute Gasteiger partial charge is 0.224 e. The van der Waals surface area contributed by atoms with E-state index in [4.69, 9.17) is 9.26 Å². The van der Waals surface area contributed by atoms with E-state index in [9.17, 15) is 4.79 Å². The van der Waals surface area contributed by atoms with Crippen LogP contribution in [0.4, 0.5) is 0 Å². The van der Waals surface area contributed by atoms with Crippen molar-refractivity contribution in [3.8, 4) is 11.6 Å². The lowest BCUT2D eigenvalue weighted by atomic mass is 10.1. The summed E-state index contributed by atoms with van der Waals surface area (Å²) in [5.41, 5.74) is 2.37. The molecule has 2 heterocycles. The number of nitrogens with one attached hydrogen (secondary N) is 1. The van der Waals surface area contributed by atoms with Crippen molar-refractivity contribution in [1.29, 1.82) is 0 Å².